The molecule has 1 amide bonds. The zero-order chi connectivity index (χ0) is 19.5. The fraction of sp³-hybridized carbons (Fsp3) is 0.682. The van der Waals surface area contributed by atoms with Crippen molar-refractivity contribution in [1.29, 1.82) is 0 Å². The first-order valence-corrected chi connectivity index (χ1v) is 10.4. The molecular weight excluding hydrogens is 340 g/mol. The predicted octanol–water partition coefficient (Wildman–Crippen LogP) is 4.12. The molecule has 1 aliphatic rings. The number of hydrogen-bond donors (Lipinski definition) is 1. The van der Waals surface area contributed by atoms with Gasteiger partial charge in [0.2, 0.25) is 0 Å². The number of carbonyl (C=O) groups excluding carboxylic acids is 1. The molecule has 0 aromatic heterocycles. The van der Waals surface area contributed by atoms with Crippen LogP contribution in [0.5, 0.6) is 11.5 Å². The molecule has 0 radical (unpaired) electrons. The lowest BCUT2D eigenvalue weighted by Gasteiger charge is -2.28. The molecule has 0 unspecified atom stereocenters. The van der Waals surface area contributed by atoms with Gasteiger partial charge in [-0.15, -0.1) is 0 Å². The van der Waals surface area contributed by atoms with Crippen LogP contribution in [0.1, 0.15) is 62.2 Å². The average Bonchev–Trinajstić information content (AvgIpc) is 2.69. The zero-order valence-electron chi connectivity index (χ0n) is 17.3. The van der Waals surface area contributed by atoms with Crippen molar-refractivity contribution in [3.05, 3.63) is 23.8 Å². The van der Waals surface area contributed by atoms with Gasteiger partial charge in [0.1, 0.15) is 0 Å². The van der Waals surface area contributed by atoms with Gasteiger partial charge in [0.05, 0.1) is 13.7 Å². The summed E-state index contributed by atoms with van der Waals surface area (Å²) >= 11 is 0. The Labute approximate surface area is 164 Å². The minimum Gasteiger partial charge on any atom is -0.493 e. The molecule has 1 heterocycles. The van der Waals surface area contributed by atoms with Gasteiger partial charge in [0, 0.05) is 12.1 Å². The quantitative estimate of drug-likeness (QED) is 0.590. The Hall–Kier alpha value is -1.75. The van der Waals surface area contributed by atoms with Crippen molar-refractivity contribution in [2.75, 3.05) is 40.4 Å². The van der Waals surface area contributed by atoms with Gasteiger partial charge >= 0.3 is 0 Å². The fourth-order valence-corrected chi connectivity index (χ4v) is 3.48. The molecule has 0 spiro atoms. The van der Waals surface area contributed by atoms with E-state index < -0.39 is 0 Å². The van der Waals surface area contributed by atoms with Crippen molar-refractivity contribution in [3.8, 4) is 11.5 Å². The molecule has 5 heteroatoms. The van der Waals surface area contributed by atoms with E-state index in [1.807, 2.05) is 12.1 Å². The lowest BCUT2D eigenvalue weighted by molar-refractivity contribution is 0.0948. The van der Waals surface area contributed by atoms with E-state index in [-0.39, 0.29) is 5.91 Å². The minimum absolute atomic E-state index is 0.0456. The molecule has 27 heavy (non-hydrogen) atoms. The number of benzene rings is 1. The van der Waals surface area contributed by atoms with Crippen LogP contribution in [0.15, 0.2) is 18.2 Å². The Kier molecular flexibility index (Phi) is 9.46. The lowest BCUT2D eigenvalue weighted by Crippen LogP contribution is -2.32. The molecule has 2 rings (SSSR count). The maximum atomic E-state index is 12.4. The van der Waals surface area contributed by atoms with E-state index in [0.29, 0.717) is 23.7 Å². The Balaban J connectivity index is 1.78. The molecule has 1 saturated heterocycles. The molecule has 0 atom stereocenters. The fourth-order valence-electron chi connectivity index (χ4n) is 3.48. The third-order valence-corrected chi connectivity index (χ3v) is 5.36. The summed E-state index contributed by atoms with van der Waals surface area (Å²) in [6, 6.07) is 5.42. The number of ether oxygens (including phenoxy) is 2. The Bertz CT molecular complexity index is 569. The van der Waals surface area contributed by atoms with Gasteiger partial charge in [-0.05, 0) is 69.9 Å². The van der Waals surface area contributed by atoms with Gasteiger partial charge in [0.25, 0.3) is 5.91 Å². The van der Waals surface area contributed by atoms with Crippen LogP contribution in [0.4, 0.5) is 0 Å². The second-order valence-electron chi connectivity index (χ2n) is 7.57. The first-order valence-electron chi connectivity index (χ1n) is 10.4. The van der Waals surface area contributed by atoms with Crippen molar-refractivity contribution in [3.63, 3.8) is 0 Å². The molecular formula is C22H36N2O3. The first kappa shape index (κ1) is 21.5. The van der Waals surface area contributed by atoms with E-state index in [1.165, 1.54) is 32.1 Å². The van der Waals surface area contributed by atoms with Crippen molar-refractivity contribution < 1.29 is 14.3 Å². The Morgan fingerprint density at radius 2 is 1.96 bits per heavy atom. The highest BCUT2D eigenvalue weighted by Gasteiger charge is 2.17. The Morgan fingerprint density at radius 3 is 2.67 bits per heavy atom. The number of nitrogens with zero attached hydrogens (tertiary/aromatic N) is 1. The molecule has 1 aliphatic heterocycles. The second kappa shape index (κ2) is 11.9. The number of methoxy groups -OCH3 is 1. The van der Waals surface area contributed by atoms with Gasteiger partial charge in [-0.3, -0.25) is 4.79 Å². The van der Waals surface area contributed by atoms with Crippen molar-refractivity contribution >= 4 is 5.91 Å². The van der Waals surface area contributed by atoms with Crippen LogP contribution in [0.25, 0.3) is 0 Å². The van der Waals surface area contributed by atoms with E-state index in [2.05, 4.69) is 24.2 Å². The third kappa shape index (κ3) is 7.41. The van der Waals surface area contributed by atoms with Gasteiger partial charge < -0.3 is 19.7 Å². The van der Waals surface area contributed by atoms with Crippen LogP contribution in [0, 0.1) is 5.92 Å². The zero-order valence-corrected chi connectivity index (χ0v) is 17.3. The molecule has 1 aromatic carbocycles. The maximum Gasteiger partial charge on any atom is 0.251 e. The SMILES string of the molecule is CCCCCCOc1ccc(C(=O)NCCC2CCN(C)CC2)cc1OC. The molecule has 1 N–H and O–H groups in total. The monoisotopic (exact) mass is 376 g/mol. The summed E-state index contributed by atoms with van der Waals surface area (Å²) in [5.74, 6) is 2.00. The van der Waals surface area contributed by atoms with Gasteiger partial charge in [0.15, 0.2) is 11.5 Å². The number of likely N-dealkylation sites (tertiary alicyclic amines) is 1. The van der Waals surface area contributed by atoms with E-state index in [4.69, 9.17) is 9.47 Å². The summed E-state index contributed by atoms with van der Waals surface area (Å²) in [5.41, 5.74) is 0.619. The van der Waals surface area contributed by atoms with Crippen molar-refractivity contribution in [2.24, 2.45) is 5.92 Å². The number of hydrogen-bond acceptors (Lipinski definition) is 4. The molecule has 0 aliphatic carbocycles. The number of amides is 1. The van der Waals surface area contributed by atoms with Crippen LogP contribution in [0.3, 0.4) is 0 Å². The summed E-state index contributed by atoms with van der Waals surface area (Å²) in [6.45, 7) is 5.93. The van der Waals surface area contributed by atoms with Crippen molar-refractivity contribution in [1.82, 2.24) is 10.2 Å². The molecule has 1 fully saturated rings. The van der Waals surface area contributed by atoms with Crippen molar-refractivity contribution in [2.45, 2.75) is 51.9 Å². The van der Waals surface area contributed by atoms with Crippen LogP contribution in [0.2, 0.25) is 0 Å². The number of unbranched alkanes of at least 4 members (excludes halogenated alkanes) is 3. The van der Waals surface area contributed by atoms with Crippen LogP contribution in [-0.4, -0.2) is 51.2 Å². The Morgan fingerprint density at radius 1 is 1.19 bits per heavy atom. The highest BCUT2D eigenvalue weighted by atomic mass is 16.5. The molecule has 1 aromatic rings. The number of rotatable bonds is 11. The van der Waals surface area contributed by atoms with Gasteiger partial charge in [-0.2, -0.15) is 0 Å². The number of piperidine rings is 1. The average molecular weight is 377 g/mol. The first-order chi connectivity index (χ1) is 13.1. The summed E-state index contributed by atoms with van der Waals surface area (Å²) < 4.78 is 11.2. The summed E-state index contributed by atoms with van der Waals surface area (Å²) in [5, 5.41) is 3.05. The maximum absolute atomic E-state index is 12.4. The van der Waals surface area contributed by atoms with Gasteiger partial charge in [-0.1, -0.05) is 26.2 Å². The minimum atomic E-state index is -0.0456. The topological polar surface area (TPSA) is 50.8 Å². The highest BCUT2D eigenvalue weighted by molar-refractivity contribution is 5.94. The smallest absolute Gasteiger partial charge is 0.251 e. The molecule has 0 bridgehead atoms. The van der Waals surface area contributed by atoms with Crippen LogP contribution < -0.4 is 14.8 Å². The highest BCUT2D eigenvalue weighted by Crippen LogP contribution is 2.28. The van der Waals surface area contributed by atoms with E-state index in [9.17, 15) is 4.79 Å². The van der Waals surface area contributed by atoms with E-state index in [1.54, 1.807) is 13.2 Å². The number of nitrogens with one attached hydrogen (secondary N) is 1. The van der Waals surface area contributed by atoms with Crippen LogP contribution in [-0.2, 0) is 0 Å². The van der Waals surface area contributed by atoms with Crippen LogP contribution >= 0.6 is 0 Å². The summed E-state index contributed by atoms with van der Waals surface area (Å²) in [4.78, 5) is 14.8. The standard InChI is InChI=1S/C22H36N2O3/c1-4-5-6-7-16-27-20-9-8-19(17-21(20)26-3)22(25)23-13-10-18-11-14-24(2)15-12-18/h8-9,17-18H,4-7,10-16H2,1-3H3,(H,23,25). The summed E-state index contributed by atoms with van der Waals surface area (Å²) in [7, 11) is 3.78. The largest absolute Gasteiger partial charge is 0.493 e. The lowest BCUT2D eigenvalue weighted by atomic mass is 9.94. The third-order valence-electron chi connectivity index (χ3n) is 5.36. The molecule has 152 valence electrons. The normalized spacial score (nSPS) is 15.5. The summed E-state index contributed by atoms with van der Waals surface area (Å²) in [6.07, 6.45) is 8.17. The molecule has 5 nitrogen and oxygen atoms in total. The van der Waals surface area contributed by atoms with E-state index >= 15 is 0 Å². The van der Waals surface area contributed by atoms with E-state index in [0.717, 1.165) is 38.4 Å². The second-order valence-corrected chi connectivity index (χ2v) is 7.57. The van der Waals surface area contributed by atoms with Gasteiger partial charge in [-0.25, -0.2) is 0 Å². The number of carbonyl (C=O) groups is 1. The predicted molar refractivity (Wildman–Crippen MR) is 110 cm³/mol. The molecule has 0 saturated carbocycles.